The summed E-state index contributed by atoms with van der Waals surface area (Å²) in [6, 6.07) is -0.0183. The van der Waals surface area contributed by atoms with Gasteiger partial charge in [-0.2, -0.15) is 0 Å². The number of quaternary nitrogens is 1. The molecule has 1 aliphatic carbocycles. The van der Waals surface area contributed by atoms with Crippen LogP contribution in [0.4, 0.5) is 0 Å². The lowest BCUT2D eigenvalue weighted by Crippen LogP contribution is -2.50. The third kappa shape index (κ3) is 1.92. The molecule has 0 heterocycles. The highest BCUT2D eigenvalue weighted by atomic mass is 16.2. The third-order valence-electron chi connectivity index (χ3n) is 2.47. The van der Waals surface area contributed by atoms with E-state index in [1.807, 2.05) is 14.1 Å². The van der Waals surface area contributed by atoms with Gasteiger partial charge in [0, 0.05) is 0 Å². The Morgan fingerprint density at radius 2 is 1.77 bits per heavy atom. The van der Waals surface area contributed by atoms with Crippen LogP contribution in [-0.2, 0) is 9.59 Å². The average molecular weight is 180 g/mol. The number of nitrogens with zero attached hydrogens (tertiary/aromatic N) is 1. The van der Waals surface area contributed by atoms with Crippen molar-refractivity contribution in [3.63, 3.8) is 0 Å². The molecule has 70 valence electrons. The van der Waals surface area contributed by atoms with Crippen molar-refractivity contribution in [3.05, 3.63) is 24.3 Å². The van der Waals surface area contributed by atoms with Crippen LogP contribution in [-0.4, -0.2) is 36.3 Å². The molecule has 0 unspecified atom stereocenters. The number of amides is 1. The predicted molar refractivity (Wildman–Crippen MR) is 49.9 cm³/mol. The second-order valence-corrected chi connectivity index (χ2v) is 3.67. The van der Waals surface area contributed by atoms with E-state index >= 15 is 0 Å². The number of likely N-dealkylation sites (N-methyl/N-ethyl adjacent to an activating group) is 1. The lowest BCUT2D eigenvalue weighted by Gasteiger charge is -2.31. The highest BCUT2D eigenvalue weighted by molar-refractivity contribution is 6.00. The molecule has 1 amide bonds. The van der Waals surface area contributed by atoms with Crippen LogP contribution in [0.1, 0.15) is 6.92 Å². The molecule has 0 saturated carbocycles. The van der Waals surface area contributed by atoms with Crippen LogP contribution < -0.4 is 0 Å². The maximum absolute atomic E-state index is 11.3. The molecule has 3 heteroatoms. The van der Waals surface area contributed by atoms with E-state index in [4.69, 9.17) is 0 Å². The first-order valence-electron chi connectivity index (χ1n) is 4.20. The molecule has 0 bridgehead atoms. The summed E-state index contributed by atoms with van der Waals surface area (Å²) in [4.78, 5) is 22.1. The zero-order chi connectivity index (χ0) is 10.1. The fourth-order valence-electron chi connectivity index (χ4n) is 1.15. The van der Waals surface area contributed by atoms with E-state index in [2.05, 4.69) is 0 Å². The summed E-state index contributed by atoms with van der Waals surface area (Å²) in [7, 11) is 3.66. The summed E-state index contributed by atoms with van der Waals surface area (Å²) in [6.45, 7) is 1.55. The van der Waals surface area contributed by atoms with Crippen molar-refractivity contribution in [3.8, 4) is 0 Å². The largest absolute Gasteiger partial charge is 0.310 e. The zero-order valence-corrected chi connectivity index (χ0v) is 8.15. The van der Waals surface area contributed by atoms with Gasteiger partial charge >= 0.3 is 5.91 Å². The highest BCUT2D eigenvalue weighted by Crippen LogP contribution is 2.13. The molecule has 3 nitrogen and oxygen atoms in total. The van der Waals surface area contributed by atoms with Crippen LogP contribution in [0, 0.1) is 0 Å². The molecule has 0 radical (unpaired) electrons. The van der Waals surface area contributed by atoms with E-state index in [1.54, 1.807) is 19.1 Å². The Hall–Kier alpha value is -1.22. The number of rotatable bonds is 1. The molecule has 0 saturated heterocycles. The molecular formula is C10H14NO2+. The monoisotopic (exact) mass is 180 g/mol. The van der Waals surface area contributed by atoms with Gasteiger partial charge in [-0.15, -0.1) is 0 Å². The van der Waals surface area contributed by atoms with E-state index < -0.39 is 0 Å². The molecule has 0 aliphatic heterocycles. The molecule has 0 atom stereocenters. The van der Waals surface area contributed by atoms with Gasteiger partial charge in [0.25, 0.3) is 0 Å². The van der Waals surface area contributed by atoms with Gasteiger partial charge in [-0.3, -0.25) is 9.28 Å². The summed E-state index contributed by atoms with van der Waals surface area (Å²) in [5.74, 6) is 0.0634. The van der Waals surface area contributed by atoms with Crippen LogP contribution in [0.25, 0.3) is 0 Å². The Kier molecular flexibility index (Phi) is 2.48. The maximum atomic E-state index is 11.3. The van der Waals surface area contributed by atoms with E-state index in [9.17, 15) is 9.59 Å². The van der Waals surface area contributed by atoms with E-state index in [0.717, 1.165) is 0 Å². The molecule has 13 heavy (non-hydrogen) atoms. The van der Waals surface area contributed by atoms with Crippen LogP contribution >= 0.6 is 0 Å². The van der Waals surface area contributed by atoms with Gasteiger partial charge in [0.2, 0.25) is 0 Å². The zero-order valence-electron chi connectivity index (χ0n) is 8.15. The topological polar surface area (TPSA) is 34.1 Å². The van der Waals surface area contributed by atoms with E-state index in [0.29, 0.717) is 0 Å². The van der Waals surface area contributed by atoms with E-state index in [1.165, 1.54) is 12.2 Å². The first-order chi connectivity index (χ1) is 5.94. The molecular weight excluding hydrogens is 166 g/mol. The fraction of sp³-hybridized carbons (Fsp3) is 0.400. The lowest BCUT2D eigenvalue weighted by molar-refractivity contribution is -0.825. The van der Waals surface area contributed by atoms with Crippen LogP contribution in [0.5, 0.6) is 0 Å². The fourth-order valence-corrected chi connectivity index (χ4v) is 1.15. The molecule has 1 aliphatic rings. The van der Waals surface area contributed by atoms with Crippen molar-refractivity contribution in [2.24, 2.45) is 0 Å². The Balaban J connectivity index is 2.86. The second kappa shape index (κ2) is 3.26. The van der Waals surface area contributed by atoms with Gasteiger partial charge in [0.1, 0.15) is 6.04 Å². The van der Waals surface area contributed by atoms with Crippen LogP contribution in [0.2, 0.25) is 0 Å². The average Bonchev–Trinajstić information content (AvgIpc) is 2.04. The molecule has 0 spiro atoms. The van der Waals surface area contributed by atoms with Gasteiger partial charge in [-0.1, -0.05) is 0 Å². The number of ketones is 1. The molecule has 1 rings (SSSR count). The molecule has 0 aromatic heterocycles. The molecule has 0 aromatic carbocycles. The van der Waals surface area contributed by atoms with Crippen molar-refractivity contribution in [2.45, 2.75) is 13.0 Å². The van der Waals surface area contributed by atoms with Gasteiger partial charge in [-0.25, -0.2) is 4.79 Å². The second-order valence-electron chi connectivity index (χ2n) is 3.67. The van der Waals surface area contributed by atoms with Crippen LogP contribution in [0.15, 0.2) is 24.3 Å². The van der Waals surface area contributed by atoms with Gasteiger partial charge in [0.15, 0.2) is 5.78 Å². The molecule has 0 N–H and O–H groups in total. The van der Waals surface area contributed by atoms with E-state index in [-0.39, 0.29) is 22.2 Å². The standard InChI is InChI=1S/C10H14NO2/c1-8(12)11(2,3)9-4-6-10(13)7-5-9/h4-7,9H,1-3H3/q+1. The Bertz CT molecular complexity index is 284. The van der Waals surface area contributed by atoms with Crippen molar-refractivity contribution >= 4 is 11.7 Å². The molecule has 0 aromatic rings. The van der Waals surface area contributed by atoms with Crippen molar-refractivity contribution < 1.29 is 14.1 Å². The smallest absolute Gasteiger partial charge is 0.290 e. The van der Waals surface area contributed by atoms with Gasteiger partial charge < -0.3 is 0 Å². The summed E-state index contributed by atoms with van der Waals surface area (Å²) >= 11 is 0. The number of carbonyl (C=O) groups is 2. The van der Waals surface area contributed by atoms with Crippen molar-refractivity contribution in [2.75, 3.05) is 14.1 Å². The summed E-state index contributed by atoms with van der Waals surface area (Å²) in [5.41, 5.74) is 0. The minimum atomic E-state index is -0.0183. The normalized spacial score (nSPS) is 17.9. The highest BCUT2D eigenvalue weighted by Gasteiger charge is 2.30. The number of allylic oxidation sites excluding steroid dienone is 2. The third-order valence-corrected chi connectivity index (χ3v) is 2.47. The summed E-state index contributed by atoms with van der Waals surface area (Å²) < 4.78 is 0.250. The first-order valence-corrected chi connectivity index (χ1v) is 4.20. The lowest BCUT2D eigenvalue weighted by atomic mass is 10.1. The van der Waals surface area contributed by atoms with Gasteiger partial charge in [0.05, 0.1) is 21.0 Å². The Morgan fingerprint density at radius 3 is 2.15 bits per heavy atom. The SMILES string of the molecule is CC(=O)[N+](C)(C)C1C=CC(=O)C=C1. The number of hydrogen-bond acceptors (Lipinski definition) is 2. The Labute approximate surface area is 77.9 Å². The summed E-state index contributed by atoms with van der Waals surface area (Å²) in [5, 5.41) is 0. The maximum Gasteiger partial charge on any atom is 0.310 e. The van der Waals surface area contributed by atoms with Crippen molar-refractivity contribution in [1.82, 2.24) is 0 Å². The summed E-state index contributed by atoms with van der Waals surface area (Å²) in [6.07, 6.45) is 6.55. The minimum absolute atomic E-state index is 0.0141. The van der Waals surface area contributed by atoms with Crippen molar-refractivity contribution in [1.29, 1.82) is 0 Å². The number of hydrogen-bond donors (Lipinski definition) is 0. The first kappa shape index (κ1) is 9.86. The number of carbonyl (C=O) groups excluding carboxylic acids is 2. The predicted octanol–water partition coefficient (Wildman–Crippen LogP) is 0.673. The van der Waals surface area contributed by atoms with Crippen LogP contribution in [0.3, 0.4) is 0 Å². The van der Waals surface area contributed by atoms with Gasteiger partial charge in [-0.05, 0) is 24.3 Å². The Morgan fingerprint density at radius 1 is 1.31 bits per heavy atom. The quantitative estimate of drug-likeness (QED) is 0.556. The molecule has 0 fully saturated rings. The minimum Gasteiger partial charge on any atom is -0.290 e.